The van der Waals surface area contributed by atoms with Crippen molar-refractivity contribution in [2.75, 3.05) is 0 Å². The maximum Gasteiger partial charge on any atom is 0.0571 e. The van der Waals surface area contributed by atoms with Crippen molar-refractivity contribution in [2.45, 2.75) is 84.7 Å². The Hall–Kier alpha value is -0.0400. The normalized spacial score (nSPS) is 13.4. The van der Waals surface area contributed by atoms with E-state index in [1.54, 1.807) is 0 Å². The maximum atomic E-state index is 9.28. The van der Waals surface area contributed by atoms with E-state index in [1.165, 1.54) is 57.3 Å². The monoisotopic (exact) mass is 213 g/mol. The minimum Gasteiger partial charge on any atom is -0.393 e. The van der Waals surface area contributed by atoms with E-state index >= 15 is 0 Å². The van der Waals surface area contributed by atoms with Crippen LogP contribution in [-0.4, -0.2) is 11.2 Å². The van der Waals surface area contributed by atoms with E-state index in [-0.39, 0.29) is 6.10 Å². The standard InChI is InChI=1S/C14H29O/c1-4-5-6-7-8-9-10-11-12-13(2)14(3)15/h14-15H,4-12H2,1-3H3. The molecule has 1 atom stereocenters. The van der Waals surface area contributed by atoms with Gasteiger partial charge in [0.15, 0.2) is 0 Å². The van der Waals surface area contributed by atoms with Gasteiger partial charge in [-0.1, -0.05) is 65.2 Å². The van der Waals surface area contributed by atoms with Crippen molar-refractivity contribution in [3.63, 3.8) is 0 Å². The first-order valence-electron chi connectivity index (χ1n) is 6.68. The van der Waals surface area contributed by atoms with Crippen LogP contribution in [0.3, 0.4) is 0 Å². The molecule has 0 aromatic heterocycles. The molecule has 0 aliphatic rings. The molecule has 0 aliphatic heterocycles. The zero-order valence-corrected chi connectivity index (χ0v) is 10.9. The predicted molar refractivity (Wildman–Crippen MR) is 67.8 cm³/mol. The summed E-state index contributed by atoms with van der Waals surface area (Å²) in [5.74, 6) is 1.24. The van der Waals surface area contributed by atoms with E-state index in [4.69, 9.17) is 0 Å². The summed E-state index contributed by atoms with van der Waals surface area (Å²) >= 11 is 0. The lowest BCUT2D eigenvalue weighted by Gasteiger charge is -2.13. The molecule has 0 aromatic rings. The van der Waals surface area contributed by atoms with Gasteiger partial charge < -0.3 is 5.11 Å². The molecule has 0 rings (SSSR count). The summed E-state index contributed by atoms with van der Waals surface area (Å²) in [6.07, 6.45) is 11.8. The fraction of sp³-hybridized carbons (Fsp3) is 0.929. The summed E-state index contributed by atoms with van der Waals surface area (Å²) in [6, 6.07) is 0. The van der Waals surface area contributed by atoms with Crippen molar-refractivity contribution in [1.82, 2.24) is 0 Å². The Balaban J connectivity index is 3.05. The van der Waals surface area contributed by atoms with E-state index in [1.807, 2.05) is 6.92 Å². The first kappa shape index (κ1) is 15.0. The van der Waals surface area contributed by atoms with E-state index in [0.717, 1.165) is 6.42 Å². The number of unbranched alkanes of at least 4 members (excludes halogenated alkanes) is 7. The largest absolute Gasteiger partial charge is 0.393 e. The summed E-state index contributed by atoms with van der Waals surface area (Å²) in [5.41, 5.74) is 0. The number of aliphatic hydroxyl groups excluding tert-OH is 1. The Morgan fingerprint density at radius 3 is 1.87 bits per heavy atom. The molecule has 1 N–H and O–H groups in total. The van der Waals surface area contributed by atoms with Crippen LogP contribution in [0, 0.1) is 5.92 Å². The molecule has 0 saturated heterocycles. The van der Waals surface area contributed by atoms with Crippen LogP contribution < -0.4 is 0 Å². The lowest BCUT2D eigenvalue weighted by atomic mass is 9.98. The molecule has 1 heteroatoms. The van der Waals surface area contributed by atoms with Crippen molar-refractivity contribution in [1.29, 1.82) is 0 Å². The van der Waals surface area contributed by atoms with Crippen LogP contribution in [0.4, 0.5) is 0 Å². The second-order valence-corrected chi connectivity index (χ2v) is 4.75. The summed E-state index contributed by atoms with van der Waals surface area (Å²) in [7, 11) is 0. The minimum atomic E-state index is -0.213. The average molecular weight is 213 g/mol. The first-order chi connectivity index (χ1) is 7.18. The van der Waals surface area contributed by atoms with E-state index in [9.17, 15) is 5.11 Å². The third kappa shape index (κ3) is 10.2. The van der Waals surface area contributed by atoms with Gasteiger partial charge in [-0.3, -0.25) is 0 Å². The molecule has 0 aromatic carbocycles. The van der Waals surface area contributed by atoms with Crippen LogP contribution in [0.2, 0.25) is 0 Å². The Kier molecular flexibility index (Phi) is 10.4. The molecule has 1 radical (unpaired) electrons. The van der Waals surface area contributed by atoms with Crippen molar-refractivity contribution in [3.8, 4) is 0 Å². The van der Waals surface area contributed by atoms with Crippen LogP contribution in [0.1, 0.15) is 78.6 Å². The lowest BCUT2D eigenvalue weighted by molar-refractivity contribution is 0.201. The number of hydrogen-bond donors (Lipinski definition) is 1. The molecular formula is C14H29O. The Bertz CT molecular complexity index is 121. The van der Waals surface area contributed by atoms with Crippen molar-refractivity contribution >= 4 is 0 Å². The fourth-order valence-electron chi connectivity index (χ4n) is 1.75. The van der Waals surface area contributed by atoms with Gasteiger partial charge in [0.05, 0.1) is 6.10 Å². The average Bonchev–Trinajstić information content (AvgIpc) is 2.21. The van der Waals surface area contributed by atoms with E-state index < -0.39 is 0 Å². The zero-order valence-electron chi connectivity index (χ0n) is 10.9. The fourth-order valence-corrected chi connectivity index (χ4v) is 1.75. The van der Waals surface area contributed by atoms with Crippen LogP contribution in [0.25, 0.3) is 0 Å². The number of hydrogen-bond acceptors (Lipinski definition) is 1. The smallest absolute Gasteiger partial charge is 0.0571 e. The predicted octanol–water partition coefficient (Wildman–Crippen LogP) is 4.49. The molecule has 1 unspecified atom stereocenters. The van der Waals surface area contributed by atoms with Crippen LogP contribution >= 0.6 is 0 Å². The topological polar surface area (TPSA) is 20.2 Å². The number of aliphatic hydroxyl groups is 1. The molecule has 15 heavy (non-hydrogen) atoms. The molecule has 0 aliphatic carbocycles. The van der Waals surface area contributed by atoms with Gasteiger partial charge in [-0.25, -0.2) is 0 Å². The Morgan fingerprint density at radius 2 is 1.40 bits per heavy atom. The highest BCUT2D eigenvalue weighted by atomic mass is 16.3. The Morgan fingerprint density at radius 1 is 0.933 bits per heavy atom. The van der Waals surface area contributed by atoms with E-state index in [2.05, 4.69) is 13.8 Å². The van der Waals surface area contributed by atoms with Crippen LogP contribution in [0.5, 0.6) is 0 Å². The second kappa shape index (κ2) is 10.5. The van der Waals surface area contributed by atoms with Crippen molar-refractivity contribution in [2.24, 2.45) is 0 Å². The molecular weight excluding hydrogens is 184 g/mol. The summed E-state index contributed by atoms with van der Waals surface area (Å²) in [5, 5.41) is 9.28. The minimum absolute atomic E-state index is 0.213. The van der Waals surface area contributed by atoms with Gasteiger partial charge in [0.1, 0.15) is 0 Å². The molecule has 0 heterocycles. The zero-order chi connectivity index (χ0) is 11.5. The maximum absolute atomic E-state index is 9.28. The highest BCUT2D eigenvalue weighted by molar-refractivity contribution is 4.89. The molecule has 0 saturated carbocycles. The van der Waals surface area contributed by atoms with Gasteiger partial charge in [-0.05, 0) is 13.3 Å². The third-order valence-corrected chi connectivity index (χ3v) is 3.14. The second-order valence-electron chi connectivity index (χ2n) is 4.75. The summed E-state index contributed by atoms with van der Waals surface area (Å²) in [6.45, 7) is 6.18. The van der Waals surface area contributed by atoms with Crippen molar-refractivity contribution < 1.29 is 5.11 Å². The summed E-state index contributed by atoms with van der Waals surface area (Å²) < 4.78 is 0. The van der Waals surface area contributed by atoms with Gasteiger partial charge >= 0.3 is 0 Å². The molecule has 0 spiro atoms. The molecule has 0 fully saturated rings. The van der Waals surface area contributed by atoms with Crippen LogP contribution in [-0.2, 0) is 0 Å². The summed E-state index contributed by atoms with van der Waals surface area (Å²) in [4.78, 5) is 0. The SMILES string of the molecule is CCCCCCCCCC[C](C)C(C)O. The Labute approximate surface area is 96.3 Å². The highest BCUT2D eigenvalue weighted by Gasteiger charge is 2.07. The number of rotatable bonds is 10. The quantitative estimate of drug-likeness (QED) is 0.530. The van der Waals surface area contributed by atoms with Gasteiger partial charge in [0.2, 0.25) is 0 Å². The van der Waals surface area contributed by atoms with Crippen LogP contribution in [0.15, 0.2) is 0 Å². The van der Waals surface area contributed by atoms with Gasteiger partial charge in [0, 0.05) is 5.92 Å². The van der Waals surface area contributed by atoms with E-state index in [0.29, 0.717) is 0 Å². The van der Waals surface area contributed by atoms with Gasteiger partial charge in [0.25, 0.3) is 0 Å². The lowest BCUT2D eigenvalue weighted by Crippen LogP contribution is -2.10. The first-order valence-corrected chi connectivity index (χ1v) is 6.68. The molecule has 1 nitrogen and oxygen atoms in total. The van der Waals surface area contributed by atoms with Gasteiger partial charge in [-0.2, -0.15) is 0 Å². The van der Waals surface area contributed by atoms with Crippen molar-refractivity contribution in [3.05, 3.63) is 5.92 Å². The molecule has 0 bridgehead atoms. The highest BCUT2D eigenvalue weighted by Crippen LogP contribution is 2.16. The molecule has 91 valence electrons. The molecule has 0 amide bonds. The van der Waals surface area contributed by atoms with Gasteiger partial charge in [-0.15, -0.1) is 0 Å². The third-order valence-electron chi connectivity index (χ3n) is 3.14.